The van der Waals surface area contributed by atoms with Crippen molar-refractivity contribution in [1.82, 2.24) is 10.3 Å². The standard InChI is InChI=1S/C21H20N4O3S/c22-19(27)17(11-14-7-3-1-4-8-14)24-18(26)12-16-13-29-21(23-16)25-20(28)15-9-5-2-6-10-15/h1-10,13,17H,11-12H2,(H2,22,27)(H,24,26)(H,23,25,28). The topological polar surface area (TPSA) is 114 Å². The van der Waals surface area contributed by atoms with Gasteiger partial charge in [0.05, 0.1) is 12.1 Å². The highest BCUT2D eigenvalue weighted by atomic mass is 32.1. The molecular formula is C21H20N4O3S. The highest BCUT2D eigenvalue weighted by Crippen LogP contribution is 2.17. The number of aromatic nitrogens is 1. The van der Waals surface area contributed by atoms with Crippen molar-refractivity contribution in [3.8, 4) is 0 Å². The lowest BCUT2D eigenvalue weighted by molar-refractivity contribution is -0.127. The normalized spacial score (nSPS) is 11.4. The molecule has 3 rings (SSSR count). The molecule has 0 aliphatic rings. The van der Waals surface area contributed by atoms with Crippen LogP contribution in [0.3, 0.4) is 0 Å². The van der Waals surface area contributed by atoms with Crippen molar-refractivity contribution in [1.29, 1.82) is 0 Å². The Balaban J connectivity index is 1.56. The van der Waals surface area contributed by atoms with Gasteiger partial charge in [0, 0.05) is 17.4 Å². The fraction of sp³-hybridized carbons (Fsp3) is 0.143. The molecule has 29 heavy (non-hydrogen) atoms. The van der Waals surface area contributed by atoms with Gasteiger partial charge in [0.1, 0.15) is 6.04 Å². The van der Waals surface area contributed by atoms with E-state index in [0.717, 1.165) is 5.56 Å². The number of hydrogen-bond donors (Lipinski definition) is 3. The molecule has 1 atom stereocenters. The average molecular weight is 408 g/mol. The molecule has 148 valence electrons. The molecule has 7 nitrogen and oxygen atoms in total. The van der Waals surface area contributed by atoms with Crippen molar-refractivity contribution in [2.24, 2.45) is 5.73 Å². The number of nitrogens with two attached hydrogens (primary N) is 1. The van der Waals surface area contributed by atoms with Crippen LogP contribution >= 0.6 is 11.3 Å². The Morgan fingerprint density at radius 2 is 1.66 bits per heavy atom. The second-order valence-corrected chi connectivity index (χ2v) is 7.21. The number of rotatable bonds is 8. The van der Waals surface area contributed by atoms with Gasteiger partial charge in [-0.2, -0.15) is 0 Å². The Bertz CT molecular complexity index is 989. The van der Waals surface area contributed by atoms with Gasteiger partial charge in [-0.1, -0.05) is 48.5 Å². The highest BCUT2D eigenvalue weighted by molar-refractivity contribution is 7.14. The molecule has 0 bridgehead atoms. The van der Waals surface area contributed by atoms with Crippen LogP contribution in [0.1, 0.15) is 21.6 Å². The summed E-state index contributed by atoms with van der Waals surface area (Å²) in [6.07, 6.45) is 0.299. The van der Waals surface area contributed by atoms with Crippen molar-refractivity contribution in [2.45, 2.75) is 18.9 Å². The van der Waals surface area contributed by atoms with Gasteiger partial charge >= 0.3 is 0 Å². The van der Waals surface area contributed by atoms with E-state index in [1.807, 2.05) is 36.4 Å². The first-order valence-electron chi connectivity index (χ1n) is 8.94. The molecule has 3 aromatic rings. The molecule has 1 heterocycles. The molecule has 0 aliphatic carbocycles. The lowest BCUT2D eigenvalue weighted by atomic mass is 10.1. The number of nitrogens with one attached hydrogen (secondary N) is 2. The minimum atomic E-state index is -0.805. The van der Waals surface area contributed by atoms with Gasteiger partial charge in [0.15, 0.2) is 5.13 Å². The van der Waals surface area contributed by atoms with E-state index in [0.29, 0.717) is 22.8 Å². The maximum atomic E-state index is 12.3. The van der Waals surface area contributed by atoms with Crippen LogP contribution in [0.2, 0.25) is 0 Å². The summed E-state index contributed by atoms with van der Waals surface area (Å²) < 4.78 is 0. The number of anilines is 1. The van der Waals surface area contributed by atoms with Crippen LogP contribution in [0.5, 0.6) is 0 Å². The number of carbonyl (C=O) groups excluding carboxylic acids is 3. The second kappa shape index (κ2) is 9.61. The molecule has 0 spiro atoms. The minimum absolute atomic E-state index is 0.0176. The molecule has 0 fully saturated rings. The Morgan fingerprint density at radius 3 is 2.31 bits per heavy atom. The quantitative estimate of drug-likeness (QED) is 0.530. The number of nitrogens with zero attached hydrogens (tertiary/aromatic N) is 1. The maximum absolute atomic E-state index is 12.3. The van der Waals surface area contributed by atoms with E-state index >= 15 is 0 Å². The maximum Gasteiger partial charge on any atom is 0.257 e. The number of thiazole rings is 1. The van der Waals surface area contributed by atoms with Gasteiger partial charge in [-0.3, -0.25) is 19.7 Å². The van der Waals surface area contributed by atoms with Crippen LogP contribution in [0.25, 0.3) is 0 Å². The second-order valence-electron chi connectivity index (χ2n) is 6.35. The van der Waals surface area contributed by atoms with Crippen LogP contribution < -0.4 is 16.4 Å². The fourth-order valence-corrected chi connectivity index (χ4v) is 3.39. The van der Waals surface area contributed by atoms with Gasteiger partial charge in [0.25, 0.3) is 5.91 Å². The molecule has 4 N–H and O–H groups in total. The van der Waals surface area contributed by atoms with Gasteiger partial charge in [0.2, 0.25) is 11.8 Å². The monoisotopic (exact) mass is 408 g/mol. The minimum Gasteiger partial charge on any atom is -0.368 e. The zero-order chi connectivity index (χ0) is 20.6. The third-order valence-corrected chi connectivity index (χ3v) is 4.92. The molecule has 0 aliphatic heterocycles. The Kier molecular flexibility index (Phi) is 6.70. The summed E-state index contributed by atoms with van der Waals surface area (Å²) in [7, 11) is 0. The van der Waals surface area contributed by atoms with E-state index < -0.39 is 11.9 Å². The first-order valence-corrected chi connectivity index (χ1v) is 9.82. The van der Waals surface area contributed by atoms with Crippen molar-refractivity contribution in [2.75, 3.05) is 5.32 Å². The van der Waals surface area contributed by atoms with Crippen LogP contribution in [-0.2, 0) is 22.4 Å². The molecule has 1 aromatic heterocycles. The molecule has 8 heteroatoms. The predicted octanol–water partition coefficient (Wildman–Crippen LogP) is 2.15. The van der Waals surface area contributed by atoms with Crippen molar-refractivity contribution < 1.29 is 14.4 Å². The molecular weight excluding hydrogens is 388 g/mol. The third-order valence-electron chi connectivity index (χ3n) is 4.11. The van der Waals surface area contributed by atoms with Crippen LogP contribution in [0.4, 0.5) is 5.13 Å². The lowest BCUT2D eigenvalue weighted by Gasteiger charge is -2.15. The van der Waals surface area contributed by atoms with Gasteiger partial charge in [-0.05, 0) is 17.7 Å². The first kappa shape index (κ1) is 20.2. The zero-order valence-corrected chi connectivity index (χ0v) is 16.3. The number of primary amides is 1. The van der Waals surface area contributed by atoms with E-state index in [4.69, 9.17) is 5.73 Å². The number of benzene rings is 2. The van der Waals surface area contributed by atoms with E-state index in [1.165, 1.54) is 11.3 Å². The smallest absolute Gasteiger partial charge is 0.257 e. The Labute approximate surface area is 172 Å². The number of amides is 3. The Morgan fingerprint density at radius 1 is 1.00 bits per heavy atom. The van der Waals surface area contributed by atoms with Crippen molar-refractivity contribution in [3.05, 3.63) is 82.9 Å². The molecule has 0 saturated heterocycles. The van der Waals surface area contributed by atoms with E-state index in [2.05, 4.69) is 15.6 Å². The molecule has 0 saturated carbocycles. The summed E-state index contributed by atoms with van der Waals surface area (Å²) >= 11 is 1.23. The highest BCUT2D eigenvalue weighted by Gasteiger charge is 2.19. The lowest BCUT2D eigenvalue weighted by Crippen LogP contribution is -2.46. The van der Waals surface area contributed by atoms with Gasteiger partial charge in [-0.25, -0.2) is 4.98 Å². The fourth-order valence-electron chi connectivity index (χ4n) is 2.69. The summed E-state index contributed by atoms with van der Waals surface area (Å²) in [5.41, 5.74) is 7.34. The third kappa shape index (κ3) is 5.98. The number of carbonyl (C=O) groups is 3. The van der Waals surface area contributed by atoms with Crippen LogP contribution in [0, 0.1) is 0 Å². The summed E-state index contributed by atoms with van der Waals surface area (Å²) in [5.74, 6) is -1.24. The largest absolute Gasteiger partial charge is 0.368 e. The molecule has 0 radical (unpaired) electrons. The number of hydrogen-bond acceptors (Lipinski definition) is 5. The van der Waals surface area contributed by atoms with E-state index in [1.54, 1.807) is 29.6 Å². The summed E-state index contributed by atoms with van der Waals surface area (Å²) in [4.78, 5) is 40.5. The first-order chi connectivity index (χ1) is 14.0. The van der Waals surface area contributed by atoms with Crippen LogP contribution in [0.15, 0.2) is 66.0 Å². The molecule has 2 aromatic carbocycles. The van der Waals surface area contributed by atoms with Crippen molar-refractivity contribution >= 4 is 34.2 Å². The van der Waals surface area contributed by atoms with E-state index in [-0.39, 0.29) is 18.2 Å². The summed E-state index contributed by atoms with van der Waals surface area (Å²) in [6.45, 7) is 0. The zero-order valence-electron chi connectivity index (χ0n) is 15.5. The summed E-state index contributed by atoms with van der Waals surface area (Å²) in [6, 6.07) is 17.3. The SMILES string of the molecule is NC(=O)C(Cc1ccccc1)NC(=O)Cc1csc(NC(=O)c2ccccc2)n1. The summed E-state index contributed by atoms with van der Waals surface area (Å²) in [5, 5.41) is 7.45. The molecule has 1 unspecified atom stereocenters. The predicted molar refractivity (Wildman–Crippen MR) is 111 cm³/mol. The van der Waals surface area contributed by atoms with Crippen LogP contribution in [-0.4, -0.2) is 28.7 Å². The average Bonchev–Trinajstić information content (AvgIpc) is 3.15. The van der Waals surface area contributed by atoms with Crippen molar-refractivity contribution in [3.63, 3.8) is 0 Å². The van der Waals surface area contributed by atoms with E-state index in [9.17, 15) is 14.4 Å². The van der Waals surface area contributed by atoms with Gasteiger partial charge < -0.3 is 11.1 Å². The van der Waals surface area contributed by atoms with Gasteiger partial charge in [-0.15, -0.1) is 11.3 Å². The molecule has 3 amide bonds. The Hall–Kier alpha value is -3.52.